The van der Waals surface area contributed by atoms with Crippen molar-refractivity contribution in [1.29, 1.82) is 0 Å². The molecule has 0 aromatic rings. The number of nitrogens with two attached hydrogens (primary N) is 1. The summed E-state index contributed by atoms with van der Waals surface area (Å²) in [5.41, 5.74) is 3.04. The monoisotopic (exact) mass is 243 g/mol. The highest BCUT2D eigenvalue weighted by Crippen LogP contribution is 2.22. The van der Waals surface area contributed by atoms with Gasteiger partial charge in [0.1, 0.15) is 0 Å². The second-order valence-electron chi connectivity index (χ2n) is 5.83. The van der Waals surface area contributed by atoms with Crippen molar-refractivity contribution in [1.82, 2.24) is 10.3 Å². The summed E-state index contributed by atoms with van der Waals surface area (Å²) in [6, 6.07) is 0.318. The second-order valence-corrected chi connectivity index (χ2v) is 5.83. The first-order chi connectivity index (χ1) is 7.98. The molecule has 102 valence electrons. The first-order valence-electron chi connectivity index (χ1n) is 6.73. The van der Waals surface area contributed by atoms with Crippen LogP contribution in [0.3, 0.4) is 0 Å². The van der Waals surface area contributed by atoms with E-state index in [9.17, 15) is 0 Å². The smallest absolute Gasteiger partial charge is 0.0576 e. The lowest BCUT2D eigenvalue weighted by Crippen LogP contribution is -2.57. The highest BCUT2D eigenvalue weighted by Gasteiger charge is 2.30. The number of hydrogen-bond acceptors (Lipinski definition) is 4. The molecule has 0 bridgehead atoms. The van der Waals surface area contributed by atoms with Crippen LogP contribution in [0.25, 0.3) is 0 Å². The molecule has 0 radical (unpaired) electrons. The summed E-state index contributed by atoms with van der Waals surface area (Å²) in [6.45, 7) is 5.40. The normalized spacial score (nSPS) is 23.3. The van der Waals surface area contributed by atoms with Gasteiger partial charge in [-0.3, -0.25) is 11.3 Å². The SMILES string of the molecule is CN(C)C(C)(C)C(CCCC1CCCO1)NN. The molecule has 4 heteroatoms. The fraction of sp³-hybridized carbons (Fsp3) is 1.00. The van der Waals surface area contributed by atoms with Gasteiger partial charge in [0, 0.05) is 18.2 Å². The van der Waals surface area contributed by atoms with Crippen LogP contribution < -0.4 is 11.3 Å². The topological polar surface area (TPSA) is 50.5 Å². The fourth-order valence-electron chi connectivity index (χ4n) is 2.37. The zero-order valence-electron chi connectivity index (χ0n) is 11.8. The van der Waals surface area contributed by atoms with E-state index in [-0.39, 0.29) is 5.54 Å². The third-order valence-corrected chi connectivity index (χ3v) is 4.25. The number of nitrogens with one attached hydrogen (secondary N) is 1. The van der Waals surface area contributed by atoms with Crippen molar-refractivity contribution in [3.63, 3.8) is 0 Å². The first kappa shape index (κ1) is 14.9. The Hall–Kier alpha value is -0.160. The average Bonchev–Trinajstić information content (AvgIpc) is 2.76. The molecule has 0 aliphatic carbocycles. The van der Waals surface area contributed by atoms with Crippen LogP contribution in [-0.4, -0.2) is 43.3 Å². The Bertz CT molecular complexity index is 213. The Morgan fingerprint density at radius 3 is 2.65 bits per heavy atom. The van der Waals surface area contributed by atoms with Gasteiger partial charge in [0.15, 0.2) is 0 Å². The first-order valence-corrected chi connectivity index (χ1v) is 6.73. The van der Waals surface area contributed by atoms with Gasteiger partial charge in [0.25, 0.3) is 0 Å². The van der Waals surface area contributed by atoms with Gasteiger partial charge in [-0.05, 0) is 60.0 Å². The van der Waals surface area contributed by atoms with Crippen LogP contribution in [0, 0.1) is 0 Å². The van der Waals surface area contributed by atoms with E-state index in [0.29, 0.717) is 12.1 Å². The molecule has 0 spiro atoms. The van der Waals surface area contributed by atoms with Gasteiger partial charge >= 0.3 is 0 Å². The summed E-state index contributed by atoms with van der Waals surface area (Å²) in [7, 11) is 4.20. The van der Waals surface area contributed by atoms with Gasteiger partial charge < -0.3 is 9.64 Å². The fourth-order valence-corrected chi connectivity index (χ4v) is 2.37. The van der Waals surface area contributed by atoms with Crippen LogP contribution in [0.2, 0.25) is 0 Å². The molecule has 0 aromatic heterocycles. The second kappa shape index (κ2) is 6.69. The summed E-state index contributed by atoms with van der Waals surface area (Å²) < 4.78 is 5.64. The maximum atomic E-state index is 5.68. The lowest BCUT2D eigenvalue weighted by Gasteiger charge is -2.40. The third kappa shape index (κ3) is 4.21. The number of ether oxygens (including phenoxy) is 1. The molecule has 17 heavy (non-hydrogen) atoms. The van der Waals surface area contributed by atoms with Crippen molar-refractivity contribution in [2.75, 3.05) is 20.7 Å². The molecule has 1 rings (SSSR count). The maximum absolute atomic E-state index is 5.68. The predicted octanol–water partition coefficient (Wildman–Crippen LogP) is 1.51. The van der Waals surface area contributed by atoms with E-state index in [2.05, 4.69) is 38.3 Å². The zero-order chi connectivity index (χ0) is 12.9. The van der Waals surface area contributed by atoms with E-state index in [1.54, 1.807) is 0 Å². The summed E-state index contributed by atoms with van der Waals surface area (Å²) in [4.78, 5) is 2.23. The summed E-state index contributed by atoms with van der Waals surface area (Å²) in [5.74, 6) is 5.68. The Kier molecular flexibility index (Phi) is 5.86. The maximum Gasteiger partial charge on any atom is 0.0576 e. The molecular weight excluding hydrogens is 214 g/mol. The number of nitrogens with zero attached hydrogens (tertiary/aromatic N) is 1. The zero-order valence-corrected chi connectivity index (χ0v) is 11.8. The third-order valence-electron chi connectivity index (χ3n) is 4.25. The van der Waals surface area contributed by atoms with E-state index >= 15 is 0 Å². The largest absolute Gasteiger partial charge is 0.378 e. The number of likely N-dealkylation sites (N-methyl/N-ethyl adjacent to an activating group) is 1. The van der Waals surface area contributed by atoms with Crippen LogP contribution in [-0.2, 0) is 4.74 Å². The summed E-state index contributed by atoms with van der Waals surface area (Å²) in [5, 5.41) is 0. The Balaban J connectivity index is 2.31. The standard InChI is InChI=1S/C13H29N3O/c1-13(2,16(3)4)12(15-14)9-5-7-11-8-6-10-17-11/h11-12,15H,5-10,14H2,1-4H3. The molecule has 1 aliphatic rings. The molecule has 1 heterocycles. The van der Waals surface area contributed by atoms with E-state index in [0.717, 1.165) is 13.0 Å². The van der Waals surface area contributed by atoms with E-state index in [1.165, 1.54) is 25.7 Å². The highest BCUT2D eigenvalue weighted by atomic mass is 16.5. The number of hydrogen-bond donors (Lipinski definition) is 2. The van der Waals surface area contributed by atoms with Gasteiger partial charge in [-0.15, -0.1) is 0 Å². The van der Waals surface area contributed by atoms with Crippen molar-refractivity contribution in [3.8, 4) is 0 Å². The summed E-state index contributed by atoms with van der Waals surface area (Å²) in [6.07, 6.45) is 6.40. The van der Waals surface area contributed by atoms with E-state index in [1.807, 2.05) is 0 Å². The van der Waals surface area contributed by atoms with Gasteiger partial charge in [-0.2, -0.15) is 0 Å². The van der Waals surface area contributed by atoms with Crippen molar-refractivity contribution in [2.45, 2.75) is 63.6 Å². The quantitative estimate of drug-likeness (QED) is 0.526. The van der Waals surface area contributed by atoms with E-state index in [4.69, 9.17) is 10.6 Å². The number of hydrazine groups is 1. The Morgan fingerprint density at radius 1 is 1.47 bits per heavy atom. The minimum Gasteiger partial charge on any atom is -0.378 e. The van der Waals surface area contributed by atoms with Crippen LogP contribution in [0.1, 0.15) is 46.0 Å². The molecule has 0 aromatic carbocycles. The minimum atomic E-state index is 0.0747. The lowest BCUT2D eigenvalue weighted by atomic mass is 9.89. The molecule has 3 N–H and O–H groups in total. The van der Waals surface area contributed by atoms with Gasteiger partial charge in [-0.25, -0.2) is 0 Å². The molecule has 4 nitrogen and oxygen atoms in total. The van der Waals surface area contributed by atoms with Gasteiger partial charge in [0.05, 0.1) is 6.10 Å². The van der Waals surface area contributed by atoms with E-state index < -0.39 is 0 Å². The Morgan fingerprint density at radius 2 is 2.18 bits per heavy atom. The van der Waals surface area contributed by atoms with Crippen LogP contribution in [0.5, 0.6) is 0 Å². The summed E-state index contributed by atoms with van der Waals surface area (Å²) >= 11 is 0. The average molecular weight is 243 g/mol. The molecule has 0 amide bonds. The Labute approximate surface area is 106 Å². The van der Waals surface area contributed by atoms with Crippen LogP contribution >= 0.6 is 0 Å². The van der Waals surface area contributed by atoms with Gasteiger partial charge in [0.2, 0.25) is 0 Å². The van der Waals surface area contributed by atoms with Crippen LogP contribution in [0.4, 0.5) is 0 Å². The minimum absolute atomic E-state index is 0.0747. The molecule has 1 aliphatic heterocycles. The van der Waals surface area contributed by atoms with Crippen molar-refractivity contribution < 1.29 is 4.74 Å². The molecule has 0 saturated carbocycles. The van der Waals surface area contributed by atoms with Crippen molar-refractivity contribution >= 4 is 0 Å². The highest BCUT2D eigenvalue weighted by molar-refractivity contribution is 4.90. The lowest BCUT2D eigenvalue weighted by molar-refractivity contribution is 0.0940. The molecular formula is C13H29N3O. The van der Waals surface area contributed by atoms with Gasteiger partial charge in [-0.1, -0.05) is 0 Å². The molecule has 1 saturated heterocycles. The number of rotatable bonds is 7. The molecule has 2 unspecified atom stereocenters. The van der Waals surface area contributed by atoms with Crippen molar-refractivity contribution in [2.24, 2.45) is 5.84 Å². The van der Waals surface area contributed by atoms with Crippen LogP contribution in [0.15, 0.2) is 0 Å². The van der Waals surface area contributed by atoms with Crippen molar-refractivity contribution in [3.05, 3.63) is 0 Å². The predicted molar refractivity (Wildman–Crippen MR) is 71.7 cm³/mol. The molecule has 2 atom stereocenters. The molecule has 1 fully saturated rings.